The average Bonchev–Trinajstić information content (AvgIpc) is 2.15. The van der Waals surface area contributed by atoms with Crippen LogP contribution in [0.5, 0.6) is 0 Å². The molecule has 0 bridgehead atoms. The molecule has 0 aromatic heterocycles. The van der Waals surface area contributed by atoms with Crippen molar-refractivity contribution in [2.45, 2.75) is 13.0 Å². The molecule has 0 saturated heterocycles. The first kappa shape index (κ1) is 10.6. The number of rotatable bonds is 4. The first-order valence-electron chi connectivity index (χ1n) is 4.21. The van der Waals surface area contributed by atoms with Crippen molar-refractivity contribution in [3.63, 3.8) is 0 Å². The zero-order chi connectivity index (χ0) is 10.6. The number of nitro groups is 1. The van der Waals surface area contributed by atoms with Crippen molar-refractivity contribution in [2.24, 2.45) is 0 Å². The van der Waals surface area contributed by atoms with Crippen molar-refractivity contribution in [3.8, 4) is 0 Å². The van der Waals surface area contributed by atoms with Crippen LogP contribution >= 0.6 is 0 Å². The Morgan fingerprint density at radius 3 is 2.50 bits per heavy atom. The second-order valence-corrected chi connectivity index (χ2v) is 3.11. The summed E-state index contributed by atoms with van der Waals surface area (Å²) in [5.41, 5.74) is 3.71. The molecule has 0 heterocycles. The minimum atomic E-state index is -0.648. The van der Waals surface area contributed by atoms with Crippen molar-refractivity contribution in [2.75, 3.05) is 6.54 Å². The molecule has 0 aliphatic heterocycles. The summed E-state index contributed by atoms with van der Waals surface area (Å²) in [5.74, 6) is 0. The maximum atomic E-state index is 10.3. The monoisotopic (exact) mass is 196 g/mol. The highest BCUT2D eigenvalue weighted by molar-refractivity contribution is 5.23. The van der Waals surface area contributed by atoms with E-state index in [1.165, 1.54) is 0 Å². The maximum Gasteiger partial charge on any atom is 0.225 e. The smallest absolute Gasteiger partial charge is 0.225 e. The molecule has 0 amide bonds. The molecule has 1 aromatic rings. The van der Waals surface area contributed by atoms with Gasteiger partial charge in [-0.05, 0) is 12.5 Å². The number of hydrogen-bond donors (Lipinski definition) is 2. The van der Waals surface area contributed by atoms with Crippen LogP contribution in [0.15, 0.2) is 24.3 Å². The van der Waals surface area contributed by atoms with Gasteiger partial charge in [0.1, 0.15) is 6.04 Å². The van der Waals surface area contributed by atoms with E-state index in [9.17, 15) is 10.1 Å². The molecule has 1 atom stereocenters. The van der Waals surface area contributed by atoms with Gasteiger partial charge in [0.15, 0.2) is 0 Å². The zero-order valence-electron chi connectivity index (χ0n) is 7.80. The van der Waals surface area contributed by atoms with Crippen LogP contribution in [-0.4, -0.2) is 16.7 Å². The van der Waals surface area contributed by atoms with E-state index < -0.39 is 11.0 Å². The quantitative estimate of drug-likeness (QED) is 0.562. The van der Waals surface area contributed by atoms with Crippen LogP contribution in [0, 0.1) is 17.0 Å². The molecule has 0 spiro atoms. The first-order valence-corrected chi connectivity index (χ1v) is 4.21. The molecule has 14 heavy (non-hydrogen) atoms. The molecule has 0 aliphatic rings. The number of benzene rings is 1. The Bertz CT molecular complexity index is 310. The molecule has 0 radical (unpaired) electrons. The highest BCUT2D eigenvalue weighted by Gasteiger charge is 2.15. The molecule has 1 aromatic carbocycles. The second-order valence-electron chi connectivity index (χ2n) is 3.11. The highest BCUT2D eigenvalue weighted by Crippen LogP contribution is 2.13. The van der Waals surface area contributed by atoms with E-state index in [0.29, 0.717) is 5.56 Å². The van der Waals surface area contributed by atoms with E-state index in [-0.39, 0.29) is 6.54 Å². The summed E-state index contributed by atoms with van der Waals surface area (Å²) in [6, 6.07) is 6.56. The van der Waals surface area contributed by atoms with E-state index >= 15 is 0 Å². The summed E-state index contributed by atoms with van der Waals surface area (Å²) in [6.45, 7) is 1.60. The van der Waals surface area contributed by atoms with Gasteiger partial charge in [-0.2, -0.15) is 5.48 Å². The normalized spacial score (nSPS) is 12.4. The predicted molar refractivity (Wildman–Crippen MR) is 50.7 cm³/mol. The van der Waals surface area contributed by atoms with Crippen LogP contribution in [0.4, 0.5) is 0 Å². The zero-order valence-corrected chi connectivity index (χ0v) is 7.80. The second kappa shape index (κ2) is 4.69. The largest absolute Gasteiger partial charge is 0.316 e. The van der Waals surface area contributed by atoms with Crippen molar-refractivity contribution in [3.05, 3.63) is 45.5 Å². The highest BCUT2D eigenvalue weighted by atomic mass is 16.6. The first-order chi connectivity index (χ1) is 6.63. The van der Waals surface area contributed by atoms with Crippen molar-refractivity contribution < 1.29 is 10.1 Å². The molecule has 1 unspecified atom stereocenters. The predicted octanol–water partition coefficient (Wildman–Crippen LogP) is 1.29. The molecule has 5 heteroatoms. The van der Waals surface area contributed by atoms with Crippen molar-refractivity contribution in [1.82, 2.24) is 5.48 Å². The third-order valence-electron chi connectivity index (χ3n) is 1.97. The molecule has 1 rings (SSSR count). The van der Waals surface area contributed by atoms with Gasteiger partial charge in [-0.25, -0.2) is 0 Å². The van der Waals surface area contributed by atoms with Crippen molar-refractivity contribution in [1.29, 1.82) is 0 Å². The van der Waals surface area contributed by atoms with Gasteiger partial charge in [-0.3, -0.25) is 10.1 Å². The number of nitrogens with one attached hydrogen (secondary N) is 1. The van der Waals surface area contributed by atoms with Crippen LogP contribution in [0.2, 0.25) is 0 Å². The van der Waals surface area contributed by atoms with Gasteiger partial charge in [-0.15, -0.1) is 0 Å². The fraction of sp³-hybridized carbons (Fsp3) is 0.333. The van der Waals surface area contributed by atoms with E-state index in [4.69, 9.17) is 5.21 Å². The molecular formula is C9H12N2O3. The van der Waals surface area contributed by atoms with Crippen LogP contribution < -0.4 is 5.48 Å². The molecule has 0 fully saturated rings. The van der Waals surface area contributed by atoms with Crippen LogP contribution in [-0.2, 0) is 0 Å². The van der Waals surface area contributed by atoms with Crippen LogP contribution in [0.1, 0.15) is 17.2 Å². The third-order valence-corrected chi connectivity index (χ3v) is 1.97. The molecule has 2 N–H and O–H groups in total. The van der Waals surface area contributed by atoms with Crippen molar-refractivity contribution >= 4 is 0 Å². The molecule has 0 saturated carbocycles. The lowest BCUT2D eigenvalue weighted by atomic mass is 10.1. The van der Waals surface area contributed by atoms with Gasteiger partial charge in [0.05, 0.1) is 0 Å². The summed E-state index contributed by atoms with van der Waals surface area (Å²) in [7, 11) is 0. The summed E-state index contributed by atoms with van der Waals surface area (Å²) in [4.78, 5) is 9.80. The minimum Gasteiger partial charge on any atom is -0.316 e. The Labute approximate surface area is 81.5 Å². The Morgan fingerprint density at radius 2 is 2.07 bits per heavy atom. The number of hydrogen-bond acceptors (Lipinski definition) is 4. The van der Waals surface area contributed by atoms with Gasteiger partial charge in [-0.1, -0.05) is 29.8 Å². The maximum absolute atomic E-state index is 10.3. The number of hydroxylamine groups is 1. The van der Waals surface area contributed by atoms with E-state index in [2.05, 4.69) is 0 Å². The Balaban J connectivity index is 2.78. The summed E-state index contributed by atoms with van der Waals surface area (Å²) in [6.07, 6.45) is 0. The van der Waals surface area contributed by atoms with Gasteiger partial charge in [0.25, 0.3) is 0 Å². The van der Waals surface area contributed by atoms with Gasteiger partial charge in [0.2, 0.25) is 6.54 Å². The third kappa shape index (κ3) is 2.79. The standard InChI is InChI=1S/C9H12N2O3/c1-7-2-4-8(5-3-7)9(10-12)6-11(13)14/h2-5,9-10,12H,6H2,1H3. The summed E-state index contributed by atoms with van der Waals surface area (Å²) in [5, 5.41) is 19.0. The van der Waals surface area contributed by atoms with E-state index in [0.717, 1.165) is 5.56 Å². The minimum absolute atomic E-state index is 0.334. The lowest BCUT2D eigenvalue weighted by Crippen LogP contribution is -2.24. The Kier molecular flexibility index (Phi) is 3.55. The lowest BCUT2D eigenvalue weighted by molar-refractivity contribution is -0.486. The van der Waals surface area contributed by atoms with E-state index in [1.54, 1.807) is 12.1 Å². The van der Waals surface area contributed by atoms with Gasteiger partial charge in [0, 0.05) is 4.92 Å². The number of nitrogens with zero attached hydrogens (tertiary/aromatic N) is 1. The van der Waals surface area contributed by atoms with Gasteiger partial charge >= 0.3 is 0 Å². The molecular weight excluding hydrogens is 184 g/mol. The van der Waals surface area contributed by atoms with E-state index in [1.807, 2.05) is 24.5 Å². The topological polar surface area (TPSA) is 75.4 Å². The van der Waals surface area contributed by atoms with Crippen LogP contribution in [0.25, 0.3) is 0 Å². The molecule has 76 valence electrons. The van der Waals surface area contributed by atoms with Crippen LogP contribution in [0.3, 0.4) is 0 Å². The molecule has 5 nitrogen and oxygen atoms in total. The Morgan fingerprint density at radius 1 is 1.50 bits per heavy atom. The fourth-order valence-electron chi connectivity index (χ4n) is 1.17. The summed E-state index contributed by atoms with van der Waals surface area (Å²) < 4.78 is 0. The lowest BCUT2D eigenvalue weighted by Gasteiger charge is -2.10. The average molecular weight is 196 g/mol. The van der Waals surface area contributed by atoms with Gasteiger partial charge < -0.3 is 5.21 Å². The number of aryl methyl sites for hydroxylation is 1. The fourth-order valence-corrected chi connectivity index (χ4v) is 1.17. The Hall–Kier alpha value is -1.46. The molecule has 0 aliphatic carbocycles. The SMILES string of the molecule is Cc1ccc(C(C[N+](=O)[O-])NO)cc1. The summed E-state index contributed by atoms with van der Waals surface area (Å²) >= 11 is 0.